The minimum absolute atomic E-state index is 0.00364. The fraction of sp³-hybridized carbons (Fsp3) is 0.357. The molecular formula is C14H16BrNO. The molecule has 0 atom stereocenters. The molecule has 0 bridgehead atoms. The number of halogens is 1. The molecule has 1 aliphatic carbocycles. The molecule has 2 rings (SSSR count). The minimum Gasteiger partial charge on any atom is -0.352 e. The molecule has 0 aliphatic heterocycles. The molecule has 1 aliphatic rings. The second-order valence-electron chi connectivity index (χ2n) is 4.24. The van der Waals surface area contributed by atoms with Crippen LogP contribution in [0.1, 0.15) is 36.0 Å². The number of benzene rings is 1. The molecule has 1 amide bonds. The van der Waals surface area contributed by atoms with E-state index in [4.69, 9.17) is 0 Å². The molecule has 3 heteroatoms. The van der Waals surface area contributed by atoms with Crippen LogP contribution in [0.3, 0.4) is 0 Å². The summed E-state index contributed by atoms with van der Waals surface area (Å²) in [5, 5.41) is 2.96. The third-order valence-corrected chi connectivity index (χ3v) is 3.68. The molecule has 1 N–H and O–H groups in total. The molecule has 1 aromatic carbocycles. The van der Waals surface area contributed by atoms with Gasteiger partial charge < -0.3 is 5.32 Å². The number of allylic oxidation sites excluding steroid dienone is 1. The topological polar surface area (TPSA) is 29.1 Å². The molecule has 2 nitrogen and oxygen atoms in total. The van der Waals surface area contributed by atoms with Crippen LogP contribution in [0.25, 0.3) is 0 Å². The number of hydrogen-bond donors (Lipinski definition) is 1. The first-order valence-electron chi connectivity index (χ1n) is 5.98. The van der Waals surface area contributed by atoms with Gasteiger partial charge in [-0.1, -0.05) is 23.8 Å². The molecule has 0 heterocycles. The normalized spacial score (nSPS) is 14.5. The van der Waals surface area contributed by atoms with Gasteiger partial charge in [-0.15, -0.1) is 0 Å². The second kappa shape index (κ2) is 6.01. The highest BCUT2D eigenvalue weighted by Gasteiger charge is 2.09. The maximum atomic E-state index is 11.9. The first-order valence-corrected chi connectivity index (χ1v) is 6.77. The van der Waals surface area contributed by atoms with E-state index in [0.717, 1.165) is 17.4 Å². The van der Waals surface area contributed by atoms with Gasteiger partial charge in [-0.05, 0) is 53.7 Å². The Morgan fingerprint density at radius 3 is 2.88 bits per heavy atom. The quantitative estimate of drug-likeness (QED) is 0.843. The molecule has 90 valence electrons. The van der Waals surface area contributed by atoms with E-state index >= 15 is 0 Å². The van der Waals surface area contributed by atoms with Crippen molar-refractivity contribution >= 4 is 21.8 Å². The lowest BCUT2D eigenvalue weighted by atomic mass is 10.1. The molecular weight excluding hydrogens is 278 g/mol. The average molecular weight is 294 g/mol. The zero-order valence-corrected chi connectivity index (χ0v) is 11.3. The number of amides is 1. The highest BCUT2D eigenvalue weighted by atomic mass is 79.9. The van der Waals surface area contributed by atoms with Crippen molar-refractivity contribution in [2.45, 2.75) is 25.7 Å². The summed E-state index contributed by atoms with van der Waals surface area (Å²) in [6.45, 7) is 0.728. The van der Waals surface area contributed by atoms with Crippen LogP contribution in [0, 0.1) is 0 Å². The molecule has 0 aromatic heterocycles. The van der Waals surface area contributed by atoms with Gasteiger partial charge in [-0.25, -0.2) is 0 Å². The second-order valence-corrected chi connectivity index (χ2v) is 5.09. The molecule has 1 aromatic rings. The van der Waals surface area contributed by atoms with Gasteiger partial charge in [0, 0.05) is 11.0 Å². The maximum absolute atomic E-state index is 11.9. The average Bonchev–Trinajstić information content (AvgIpc) is 2.82. The number of hydrogen-bond acceptors (Lipinski definition) is 1. The van der Waals surface area contributed by atoms with Crippen LogP contribution in [0.15, 0.2) is 40.4 Å². The van der Waals surface area contributed by atoms with Crippen LogP contribution in [0.2, 0.25) is 0 Å². The summed E-state index contributed by atoms with van der Waals surface area (Å²) in [6, 6.07) is 7.49. The van der Waals surface area contributed by atoms with Gasteiger partial charge in [0.1, 0.15) is 0 Å². The van der Waals surface area contributed by atoms with E-state index in [2.05, 4.69) is 27.3 Å². The van der Waals surface area contributed by atoms with Crippen LogP contribution in [-0.2, 0) is 0 Å². The van der Waals surface area contributed by atoms with E-state index in [-0.39, 0.29) is 5.91 Å². The van der Waals surface area contributed by atoms with E-state index in [1.54, 1.807) is 0 Å². The number of carbonyl (C=O) groups excluding carboxylic acids is 1. The lowest BCUT2D eigenvalue weighted by Gasteiger charge is -2.07. The molecule has 0 spiro atoms. The van der Waals surface area contributed by atoms with Crippen LogP contribution in [0.4, 0.5) is 0 Å². The van der Waals surface area contributed by atoms with E-state index in [0.29, 0.717) is 5.56 Å². The van der Waals surface area contributed by atoms with Crippen LogP contribution in [-0.4, -0.2) is 12.5 Å². The summed E-state index contributed by atoms with van der Waals surface area (Å²) in [5.41, 5.74) is 2.19. The maximum Gasteiger partial charge on any atom is 0.252 e. The summed E-state index contributed by atoms with van der Waals surface area (Å²) in [6.07, 6.45) is 6.95. The van der Waals surface area contributed by atoms with Crippen LogP contribution < -0.4 is 5.32 Å². The lowest BCUT2D eigenvalue weighted by Crippen LogP contribution is -2.24. The molecule has 0 fully saturated rings. The molecule has 0 saturated carbocycles. The van der Waals surface area contributed by atoms with Crippen molar-refractivity contribution in [3.63, 3.8) is 0 Å². The first-order chi connectivity index (χ1) is 8.27. The Bertz CT molecular complexity index is 440. The molecule has 17 heavy (non-hydrogen) atoms. The van der Waals surface area contributed by atoms with Gasteiger partial charge in [0.25, 0.3) is 5.91 Å². The van der Waals surface area contributed by atoms with E-state index < -0.39 is 0 Å². The third-order valence-electron chi connectivity index (χ3n) is 2.99. The Labute approximate surface area is 110 Å². The monoisotopic (exact) mass is 293 g/mol. The SMILES string of the molecule is O=C(NCCC1=CCCC1)c1ccccc1Br. The highest BCUT2D eigenvalue weighted by molar-refractivity contribution is 9.10. The fourth-order valence-electron chi connectivity index (χ4n) is 2.04. The summed E-state index contributed by atoms with van der Waals surface area (Å²) in [7, 11) is 0. The van der Waals surface area contributed by atoms with E-state index in [1.165, 1.54) is 24.8 Å². The van der Waals surface area contributed by atoms with Gasteiger partial charge in [-0.3, -0.25) is 4.79 Å². The number of carbonyl (C=O) groups is 1. The Morgan fingerprint density at radius 2 is 2.18 bits per heavy atom. The molecule has 0 unspecified atom stereocenters. The smallest absolute Gasteiger partial charge is 0.252 e. The van der Waals surface area contributed by atoms with E-state index in [1.807, 2.05) is 24.3 Å². The van der Waals surface area contributed by atoms with Gasteiger partial charge in [0.2, 0.25) is 0 Å². The van der Waals surface area contributed by atoms with E-state index in [9.17, 15) is 4.79 Å². The summed E-state index contributed by atoms with van der Waals surface area (Å²) >= 11 is 3.38. The summed E-state index contributed by atoms with van der Waals surface area (Å²) in [5.74, 6) is -0.00364. The Morgan fingerprint density at radius 1 is 1.35 bits per heavy atom. The van der Waals surface area contributed by atoms with Crippen LogP contribution in [0.5, 0.6) is 0 Å². The van der Waals surface area contributed by atoms with Crippen molar-refractivity contribution in [2.75, 3.05) is 6.54 Å². The molecule has 0 saturated heterocycles. The molecule has 0 radical (unpaired) electrons. The largest absolute Gasteiger partial charge is 0.352 e. The van der Waals surface area contributed by atoms with Crippen molar-refractivity contribution in [1.82, 2.24) is 5.32 Å². The van der Waals surface area contributed by atoms with Crippen molar-refractivity contribution in [3.05, 3.63) is 46.0 Å². The highest BCUT2D eigenvalue weighted by Crippen LogP contribution is 2.20. The van der Waals surface area contributed by atoms with Gasteiger partial charge >= 0.3 is 0 Å². The first kappa shape index (κ1) is 12.4. The zero-order valence-electron chi connectivity index (χ0n) is 9.71. The summed E-state index contributed by atoms with van der Waals surface area (Å²) in [4.78, 5) is 11.9. The minimum atomic E-state index is -0.00364. The Kier molecular flexibility index (Phi) is 4.37. The van der Waals surface area contributed by atoms with Gasteiger partial charge in [-0.2, -0.15) is 0 Å². The Hall–Kier alpha value is -1.09. The predicted molar refractivity (Wildman–Crippen MR) is 73.0 cm³/mol. The van der Waals surface area contributed by atoms with Gasteiger partial charge in [0.05, 0.1) is 5.56 Å². The number of nitrogens with one attached hydrogen (secondary N) is 1. The summed E-state index contributed by atoms with van der Waals surface area (Å²) < 4.78 is 0.845. The van der Waals surface area contributed by atoms with Gasteiger partial charge in [0.15, 0.2) is 0 Å². The van der Waals surface area contributed by atoms with Crippen molar-refractivity contribution in [3.8, 4) is 0 Å². The van der Waals surface area contributed by atoms with Crippen molar-refractivity contribution < 1.29 is 4.79 Å². The van der Waals surface area contributed by atoms with Crippen molar-refractivity contribution in [1.29, 1.82) is 0 Å². The zero-order chi connectivity index (χ0) is 12.1. The predicted octanol–water partition coefficient (Wildman–Crippen LogP) is 3.68. The standard InChI is InChI=1S/C14H16BrNO/c15-13-8-4-3-7-12(13)14(17)16-10-9-11-5-1-2-6-11/h3-5,7-8H,1-2,6,9-10H2,(H,16,17). The fourth-order valence-corrected chi connectivity index (χ4v) is 2.51. The third kappa shape index (κ3) is 3.43. The Balaban J connectivity index is 1.83. The number of rotatable bonds is 4. The van der Waals surface area contributed by atoms with Crippen LogP contribution >= 0.6 is 15.9 Å². The lowest BCUT2D eigenvalue weighted by molar-refractivity contribution is 0.0953. The van der Waals surface area contributed by atoms with Crippen molar-refractivity contribution in [2.24, 2.45) is 0 Å².